The molecule has 0 atom stereocenters. The van der Waals surface area contributed by atoms with E-state index in [4.69, 9.17) is 0 Å². The summed E-state index contributed by atoms with van der Waals surface area (Å²) in [5, 5.41) is 7.15. The molecule has 0 saturated heterocycles. The number of hydrazone groups is 1. The number of hydrogen-bond acceptors (Lipinski definition) is 4. The van der Waals surface area contributed by atoms with Crippen molar-refractivity contribution in [3.63, 3.8) is 0 Å². The van der Waals surface area contributed by atoms with E-state index in [0.29, 0.717) is 0 Å². The van der Waals surface area contributed by atoms with Crippen LogP contribution in [-0.2, 0) is 0 Å². The van der Waals surface area contributed by atoms with E-state index >= 15 is 0 Å². The molecule has 0 bridgehead atoms. The lowest BCUT2D eigenvalue weighted by Crippen LogP contribution is -2.31. The van der Waals surface area contributed by atoms with Gasteiger partial charge in [0.2, 0.25) is 0 Å². The van der Waals surface area contributed by atoms with Gasteiger partial charge in [0.05, 0.1) is 16.9 Å². The van der Waals surface area contributed by atoms with Crippen molar-refractivity contribution in [1.82, 2.24) is 10.4 Å². The normalized spacial score (nSPS) is 12.3. The van der Waals surface area contributed by atoms with Crippen molar-refractivity contribution in [2.45, 2.75) is 33.2 Å². The molecule has 1 heterocycles. The second kappa shape index (κ2) is 3.87. The molecule has 13 heavy (non-hydrogen) atoms. The van der Waals surface area contributed by atoms with Gasteiger partial charge in [-0.1, -0.05) is 0 Å². The average Bonchev–Trinajstić information content (AvgIpc) is 2.33. The molecule has 0 spiro atoms. The van der Waals surface area contributed by atoms with Crippen LogP contribution in [0.5, 0.6) is 0 Å². The quantitative estimate of drug-likeness (QED) is 0.583. The van der Waals surface area contributed by atoms with Crippen LogP contribution in [-0.4, -0.2) is 16.7 Å². The fourth-order valence-corrected chi connectivity index (χ4v) is 1.29. The highest BCUT2D eigenvalue weighted by molar-refractivity contribution is 7.09. The maximum Gasteiger partial charge on any atom is 0.0942 e. The highest BCUT2D eigenvalue weighted by Crippen LogP contribution is 2.05. The molecular formula is C9H15N3S. The molecule has 0 aliphatic rings. The summed E-state index contributed by atoms with van der Waals surface area (Å²) >= 11 is 1.63. The van der Waals surface area contributed by atoms with Gasteiger partial charge in [-0.05, 0) is 27.7 Å². The van der Waals surface area contributed by atoms with Crippen LogP contribution >= 0.6 is 11.3 Å². The molecule has 0 aliphatic heterocycles. The molecule has 0 amide bonds. The first-order valence-corrected chi connectivity index (χ1v) is 5.08. The predicted octanol–water partition coefficient (Wildman–Crippen LogP) is 2.17. The van der Waals surface area contributed by atoms with Crippen molar-refractivity contribution in [3.05, 3.63) is 16.1 Å². The molecule has 1 N–H and O–H groups in total. The SMILES string of the molecule is Cc1nc(/C=N/NC(C)(C)C)cs1. The van der Waals surface area contributed by atoms with E-state index in [1.54, 1.807) is 17.6 Å². The Balaban J connectivity index is 2.50. The molecule has 1 rings (SSSR count). The summed E-state index contributed by atoms with van der Waals surface area (Å²) < 4.78 is 0. The van der Waals surface area contributed by atoms with Gasteiger partial charge in [-0.25, -0.2) is 4.98 Å². The Morgan fingerprint density at radius 3 is 2.69 bits per heavy atom. The maximum atomic E-state index is 4.26. The Bertz CT molecular complexity index is 296. The van der Waals surface area contributed by atoms with Crippen LogP contribution in [0.1, 0.15) is 31.5 Å². The fourth-order valence-electron chi connectivity index (χ4n) is 0.732. The third kappa shape index (κ3) is 4.03. The average molecular weight is 197 g/mol. The second-order valence-electron chi connectivity index (χ2n) is 3.91. The van der Waals surface area contributed by atoms with Crippen molar-refractivity contribution in [2.24, 2.45) is 5.10 Å². The minimum absolute atomic E-state index is 0.0154. The molecule has 3 nitrogen and oxygen atoms in total. The number of hydrogen-bond donors (Lipinski definition) is 1. The first-order chi connectivity index (χ1) is 5.97. The summed E-state index contributed by atoms with van der Waals surface area (Å²) in [7, 11) is 0. The summed E-state index contributed by atoms with van der Waals surface area (Å²) in [6, 6.07) is 0. The van der Waals surface area contributed by atoms with Crippen molar-refractivity contribution < 1.29 is 0 Å². The predicted molar refractivity (Wildman–Crippen MR) is 57.3 cm³/mol. The molecule has 0 aromatic carbocycles. The molecule has 0 radical (unpaired) electrons. The molecule has 0 fully saturated rings. The van der Waals surface area contributed by atoms with Crippen molar-refractivity contribution >= 4 is 17.6 Å². The molecule has 4 heteroatoms. The fraction of sp³-hybridized carbons (Fsp3) is 0.556. The van der Waals surface area contributed by atoms with E-state index in [-0.39, 0.29) is 5.54 Å². The van der Waals surface area contributed by atoms with Crippen molar-refractivity contribution in [2.75, 3.05) is 0 Å². The Kier molecular flexibility index (Phi) is 3.03. The van der Waals surface area contributed by atoms with E-state index in [1.165, 1.54) is 0 Å². The Morgan fingerprint density at radius 2 is 2.23 bits per heavy atom. The highest BCUT2D eigenvalue weighted by atomic mass is 32.1. The number of thiazole rings is 1. The standard InChI is InChI=1S/C9H15N3S/c1-7-11-8(6-13-7)5-10-12-9(2,3)4/h5-6,12H,1-4H3/b10-5+. The van der Waals surface area contributed by atoms with E-state index in [9.17, 15) is 0 Å². The van der Waals surface area contributed by atoms with Gasteiger partial charge in [-0.2, -0.15) is 5.10 Å². The van der Waals surface area contributed by atoms with Gasteiger partial charge in [0.15, 0.2) is 0 Å². The smallest absolute Gasteiger partial charge is 0.0942 e. The first kappa shape index (κ1) is 10.2. The third-order valence-electron chi connectivity index (χ3n) is 1.23. The molecule has 0 aliphatic carbocycles. The van der Waals surface area contributed by atoms with Gasteiger partial charge >= 0.3 is 0 Å². The van der Waals surface area contributed by atoms with Gasteiger partial charge in [0.1, 0.15) is 0 Å². The zero-order chi connectivity index (χ0) is 9.90. The lowest BCUT2D eigenvalue weighted by atomic mass is 10.1. The molecule has 0 unspecified atom stereocenters. The van der Waals surface area contributed by atoms with Crippen LogP contribution in [0.3, 0.4) is 0 Å². The van der Waals surface area contributed by atoms with E-state index in [1.807, 2.05) is 12.3 Å². The van der Waals surface area contributed by atoms with Gasteiger partial charge in [0.25, 0.3) is 0 Å². The lowest BCUT2D eigenvalue weighted by Gasteiger charge is -2.16. The van der Waals surface area contributed by atoms with Crippen molar-refractivity contribution in [3.8, 4) is 0 Å². The van der Waals surface area contributed by atoms with Crippen LogP contribution in [0, 0.1) is 6.92 Å². The summed E-state index contributed by atoms with van der Waals surface area (Å²) in [4.78, 5) is 4.26. The van der Waals surface area contributed by atoms with Crippen LogP contribution in [0.4, 0.5) is 0 Å². The van der Waals surface area contributed by atoms with Gasteiger partial charge in [0, 0.05) is 10.9 Å². The van der Waals surface area contributed by atoms with Gasteiger partial charge in [-0.3, -0.25) is 0 Å². The first-order valence-electron chi connectivity index (χ1n) is 4.20. The number of nitrogens with one attached hydrogen (secondary N) is 1. The monoisotopic (exact) mass is 197 g/mol. The van der Waals surface area contributed by atoms with Gasteiger partial charge < -0.3 is 5.43 Å². The number of nitrogens with zero attached hydrogens (tertiary/aromatic N) is 2. The van der Waals surface area contributed by atoms with Crippen LogP contribution in [0.25, 0.3) is 0 Å². The summed E-state index contributed by atoms with van der Waals surface area (Å²) in [6.07, 6.45) is 1.74. The number of aryl methyl sites for hydroxylation is 1. The minimum atomic E-state index is 0.0154. The second-order valence-corrected chi connectivity index (χ2v) is 4.97. The minimum Gasteiger partial charge on any atom is -0.305 e. The van der Waals surface area contributed by atoms with E-state index < -0.39 is 0 Å². The number of aromatic nitrogens is 1. The topological polar surface area (TPSA) is 37.3 Å². The van der Waals surface area contributed by atoms with Gasteiger partial charge in [-0.15, -0.1) is 11.3 Å². The lowest BCUT2D eigenvalue weighted by molar-refractivity contribution is 0.442. The Morgan fingerprint density at radius 1 is 1.54 bits per heavy atom. The van der Waals surface area contributed by atoms with Crippen molar-refractivity contribution in [1.29, 1.82) is 0 Å². The highest BCUT2D eigenvalue weighted by Gasteiger charge is 2.05. The zero-order valence-electron chi connectivity index (χ0n) is 8.46. The maximum absolute atomic E-state index is 4.26. The molecule has 72 valence electrons. The number of rotatable bonds is 2. The Labute approximate surface area is 82.9 Å². The summed E-state index contributed by atoms with van der Waals surface area (Å²) in [6.45, 7) is 8.18. The summed E-state index contributed by atoms with van der Waals surface area (Å²) in [5.41, 5.74) is 3.95. The van der Waals surface area contributed by atoms with Crippen LogP contribution in [0.15, 0.2) is 10.5 Å². The van der Waals surface area contributed by atoms with Crippen LogP contribution < -0.4 is 5.43 Å². The largest absolute Gasteiger partial charge is 0.305 e. The Hall–Kier alpha value is -0.900. The van der Waals surface area contributed by atoms with Crippen LogP contribution in [0.2, 0.25) is 0 Å². The van der Waals surface area contributed by atoms with E-state index in [2.05, 4.69) is 36.3 Å². The zero-order valence-corrected chi connectivity index (χ0v) is 9.27. The molecule has 1 aromatic rings. The molecular weight excluding hydrogens is 182 g/mol. The third-order valence-corrected chi connectivity index (χ3v) is 2.03. The summed E-state index contributed by atoms with van der Waals surface area (Å²) in [5.74, 6) is 0. The molecule has 1 aromatic heterocycles. The van der Waals surface area contributed by atoms with E-state index in [0.717, 1.165) is 10.7 Å². The molecule has 0 saturated carbocycles.